The summed E-state index contributed by atoms with van der Waals surface area (Å²) >= 11 is 5.10. The molecule has 0 aliphatic carbocycles. The molecular formula is C12H16N2O2S. The van der Waals surface area contributed by atoms with Crippen LogP contribution in [0.4, 0.5) is 0 Å². The quantitative estimate of drug-likeness (QED) is 0.820. The van der Waals surface area contributed by atoms with E-state index in [4.69, 9.17) is 17.0 Å². The summed E-state index contributed by atoms with van der Waals surface area (Å²) in [5.74, 6) is -0.195. The first-order valence-corrected chi connectivity index (χ1v) is 5.66. The van der Waals surface area contributed by atoms with Gasteiger partial charge in [-0.05, 0) is 24.4 Å². The summed E-state index contributed by atoms with van der Waals surface area (Å²) in [5, 5.41) is 3.07. The number of nitrogens with zero attached hydrogens (tertiary/aromatic N) is 1. The van der Waals surface area contributed by atoms with E-state index in [0.29, 0.717) is 23.8 Å². The Morgan fingerprint density at radius 3 is 2.65 bits per heavy atom. The van der Waals surface area contributed by atoms with Crippen LogP contribution in [0.5, 0.6) is 0 Å². The number of nitrogens with one attached hydrogen (secondary N) is 1. The SMILES string of the molecule is COCCN(C)C(=S)NC(=O)c1ccccc1. The van der Waals surface area contributed by atoms with Crippen LogP contribution in [0, 0.1) is 0 Å². The standard InChI is InChI=1S/C12H16N2O2S/c1-14(8-9-16-2)12(17)13-11(15)10-6-4-3-5-7-10/h3-7H,8-9H2,1-2H3,(H,13,15,17). The fourth-order valence-electron chi connectivity index (χ4n) is 1.18. The molecule has 0 aliphatic heterocycles. The van der Waals surface area contributed by atoms with Crippen molar-refractivity contribution in [3.63, 3.8) is 0 Å². The van der Waals surface area contributed by atoms with E-state index < -0.39 is 0 Å². The van der Waals surface area contributed by atoms with E-state index in [9.17, 15) is 4.79 Å². The molecule has 17 heavy (non-hydrogen) atoms. The second-order valence-corrected chi connectivity index (χ2v) is 3.93. The number of benzene rings is 1. The van der Waals surface area contributed by atoms with Crippen LogP contribution >= 0.6 is 12.2 Å². The van der Waals surface area contributed by atoms with Crippen LogP contribution in [0.1, 0.15) is 10.4 Å². The minimum atomic E-state index is -0.195. The Hall–Kier alpha value is -1.46. The van der Waals surface area contributed by atoms with Gasteiger partial charge in [0.05, 0.1) is 6.61 Å². The van der Waals surface area contributed by atoms with Gasteiger partial charge in [-0.3, -0.25) is 10.1 Å². The van der Waals surface area contributed by atoms with Crippen LogP contribution in [0.3, 0.4) is 0 Å². The predicted molar refractivity (Wildman–Crippen MR) is 71.0 cm³/mol. The minimum absolute atomic E-state index is 0.195. The van der Waals surface area contributed by atoms with E-state index in [1.54, 1.807) is 24.1 Å². The zero-order valence-electron chi connectivity index (χ0n) is 9.97. The third-order valence-electron chi connectivity index (χ3n) is 2.23. The van der Waals surface area contributed by atoms with Crippen molar-refractivity contribution >= 4 is 23.2 Å². The lowest BCUT2D eigenvalue weighted by molar-refractivity contribution is 0.0972. The van der Waals surface area contributed by atoms with Crippen molar-refractivity contribution in [2.45, 2.75) is 0 Å². The van der Waals surface area contributed by atoms with Gasteiger partial charge >= 0.3 is 0 Å². The molecule has 0 aliphatic rings. The topological polar surface area (TPSA) is 41.6 Å². The molecule has 0 fully saturated rings. The maximum absolute atomic E-state index is 11.8. The van der Waals surface area contributed by atoms with Gasteiger partial charge in [0, 0.05) is 26.3 Å². The van der Waals surface area contributed by atoms with Crippen molar-refractivity contribution in [2.75, 3.05) is 27.3 Å². The van der Waals surface area contributed by atoms with E-state index in [-0.39, 0.29) is 5.91 Å². The lowest BCUT2D eigenvalue weighted by Gasteiger charge is -2.19. The number of ether oxygens (including phenoxy) is 1. The molecule has 1 rings (SSSR count). The highest BCUT2D eigenvalue weighted by Crippen LogP contribution is 1.98. The maximum Gasteiger partial charge on any atom is 0.257 e. The molecular weight excluding hydrogens is 236 g/mol. The first kappa shape index (κ1) is 13.6. The third kappa shape index (κ3) is 4.50. The molecule has 0 atom stereocenters. The molecule has 0 unspecified atom stereocenters. The van der Waals surface area contributed by atoms with Crippen molar-refractivity contribution < 1.29 is 9.53 Å². The lowest BCUT2D eigenvalue weighted by Crippen LogP contribution is -2.41. The van der Waals surface area contributed by atoms with Gasteiger partial charge in [0.2, 0.25) is 0 Å². The lowest BCUT2D eigenvalue weighted by atomic mass is 10.2. The highest BCUT2D eigenvalue weighted by molar-refractivity contribution is 7.80. The van der Waals surface area contributed by atoms with E-state index in [0.717, 1.165) is 0 Å². The monoisotopic (exact) mass is 252 g/mol. The normalized spacial score (nSPS) is 9.76. The highest BCUT2D eigenvalue weighted by atomic mass is 32.1. The Bertz CT molecular complexity index is 381. The molecule has 0 saturated carbocycles. The van der Waals surface area contributed by atoms with E-state index in [1.165, 1.54) is 0 Å². The molecule has 4 nitrogen and oxygen atoms in total. The Labute approximate surface area is 107 Å². The number of methoxy groups -OCH3 is 1. The molecule has 1 amide bonds. The molecule has 1 aromatic rings. The number of carbonyl (C=O) groups excluding carboxylic acids is 1. The summed E-state index contributed by atoms with van der Waals surface area (Å²) in [7, 11) is 3.44. The van der Waals surface area contributed by atoms with Crippen molar-refractivity contribution in [3.05, 3.63) is 35.9 Å². The summed E-state index contributed by atoms with van der Waals surface area (Å²) in [4.78, 5) is 13.5. The van der Waals surface area contributed by atoms with Gasteiger partial charge in [-0.2, -0.15) is 0 Å². The zero-order chi connectivity index (χ0) is 12.7. The van der Waals surface area contributed by atoms with Crippen LogP contribution < -0.4 is 5.32 Å². The first-order chi connectivity index (χ1) is 8.15. The van der Waals surface area contributed by atoms with Gasteiger partial charge in [-0.1, -0.05) is 18.2 Å². The molecule has 1 aromatic carbocycles. The van der Waals surface area contributed by atoms with Crippen molar-refractivity contribution in [3.8, 4) is 0 Å². The molecule has 0 spiro atoms. The van der Waals surface area contributed by atoms with Crippen LogP contribution in [0.25, 0.3) is 0 Å². The molecule has 5 heteroatoms. The third-order valence-corrected chi connectivity index (χ3v) is 2.65. The van der Waals surface area contributed by atoms with Crippen molar-refractivity contribution in [1.82, 2.24) is 10.2 Å². The zero-order valence-corrected chi connectivity index (χ0v) is 10.8. The average molecular weight is 252 g/mol. The molecule has 0 heterocycles. The van der Waals surface area contributed by atoms with Crippen molar-refractivity contribution in [1.29, 1.82) is 0 Å². The Morgan fingerprint density at radius 1 is 1.41 bits per heavy atom. The van der Waals surface area contributed by atoms with Crippen LogP contribution in [-0.4, -0.2) is 43.2 Å². The Kier molecular flexibility index (Phi) is 5.59. The molecule has 92 valence electrons. The second kappa shape index (κ2) is 6.98. The van der Waals surface area contributed by atoms with E-state index >= 15 is 0 Å². The van der Waals surface area contributed by atoms with Gasteiger partial charge < -0.3 is 9.64 Å². The summed E-state index contributed by atoms with van der Waals surface area (Å²) in [6.07, 6.45) is 0. The summed E-state index contributed by atoms with van der Waals surface area (Å²) in [6, 6.07) is 8.97. The maximum atomic E-state index is 11.8. The number of thiocarbonyl (C=S) groups is 1. The van der Waals surface area contributed by atoms with Crippen LogP contribution in [0.15, 0.2) is 30.3 Å². The second-order valence-electron chi connectivity index (χ2n) is 3.54. The van der Waals surface area contributed by atoms with Crippen LogP contribution in [0.2, 0.25) is 0 Å². The number of carbonyl (C=O) groups is 1. The number of hydrogen-bond acceptors (Lipinski definition) is 3. The van der Waals surface area contributed by atoms with Crippen molar-refractivity contribution in [2.24, 2.45) is 0 Å². The molecule has 0 bridgehead atoms. The fourth-order valence-corrected chi connectivity index (χ4v) is 1.37. The van der Waals surface area contributed by atoms with Gasteiger partial charge in [0.1, 0.15) is 0 Å². The van der Waals surface area contributed by atoms with E-state index in [2.05, 4.69) is 5.32 Å². The van der Waals surface area contributed by atoms with Crippen LogP contribution in [-0.2, 0) is 4.74 Å². The summed E-state index contributed by atoms with van der Waals surface area (Å²) < 4.78 is 4.94. The molecule has 0 radical (unpaired) electrons. The Balaban J connectivity index is 2.49. The van der Waals surface area contributed by atoms with Gasteiger partial charge in [-0.15, -0.1) is 0 Å². The highest BCUT2D eigenvalue weighted by Gasteiger charge is 2.09. The van der Waals surface area contributed by atoms with Gasteiger partial charge in [0.25, 0.3) is 5.91 Å². The summed E-state index contributed by atoms with van der Waals surface area (Å²) in [6.45, 7) is 1.21. The fraction of sp³-hybridized carbons (Fsp3) is 0.333. The van der Waals surface area contributed by atoms with Gasteiger partial charge in [0.15, 0.2) is 5.11 Å². The largest absolute Gasteiger partial charge is 0.383 e. The number of hydrogen-bond donors (Lipinski definition) is 1. The summed E-state index contributed by atoms with van der Waals surface area (Å²) in [5.41, 5.74) is 0.593. The number of amides is 1. The smallest absolute Gasteiger partial charge is 0.257 e. The predicted octanol–water partition coefficient (Wildman–Crippen LogP) is 1.28. The number of likely N-dealkylation sites (N-methyl/N-ethyl adjacent to an activating group) is 1. The van der Waals surface area contributed by atoms with E-state index in [1.807, 2.05) is 25.2 Å². The minimum Gasteiger partial charge on any atom is -0.383 e. The Morgan fingerprint density at radius 2 is 2.06 bits per heavy atom. The van der Waals surface area contributed by atoms with Gasteiger partial charge in [-0.25, -0.2) is 0 Å². The number of rotatable bonds is 4. The first-order valence-electron chi connectivity index (χ1n) is 5.25. The molecule has 0 saturated heterocycles. The average Bonchev–Trinajstić information content (AvgIpc) is 2.36. The molecule has 0 aromatic heterocycles. The molecule has 1 N–H and O–H groups in total.